The van der Waals surface area contributed by atoms with Crippen LogP contribution in [0.4, 0.5) is 0 Å². The van der Waals surface area contributed by atoms with E-state index in [-0.39, 0.29) is 12.0 Å². The van der Waals surface area contributed by atoms with Crippen molar-refractivity contribution in [2.24, 2.45) is 10.9 Å². The summed E-state index contributed by atoms with van der Waals surface area (Å²) in [6.45, 7) is 2.10. The first-order valence-corrected chi connectivity index (χ1v) is 10.6. The van der Waals surface area contributed by atoms with Gasteiger partial charge < -0.3 is 29.7 Å². The highest BCUT2D eigenvalue weighted by molar-refractivity contribution is 5.81. The van der Waals surface area contributed by atoms with Gasteiger partial charge in [0.05, 0.1) is 21.3 Å². The molecule has 1 aromatic rings. The number of guanidine groups is 1. The van der Waals surface area contributed by atoms with Crippen molar-refractivity contribution in [2.75, 3.05) is 41.5 Å². The number of amides is 1. The second kappa shape index (κ2) is 10.4. The van der Waals surface area contributed by atoms with Crippen LogP contribution in [0.3, 0.4) is 0 Å². The Morgan fingerprint density at radius 2 is 1.77 bits per heavy atom. The molecule has 1 atom stereocenters. The highest BCUT2D eigenvalue weighted by atomic mass is 16.5. The Hall–Kier alpha value is -2.64. The van der Waals surface area contributed by atoms with Crippen LogP contribution >= 0.6 is 0 Å². The zero-order valence-electron chi connectivity index (χ0n) is 18.5. The van der Waals surface area contributed by atoms with Crippen molar-refractivity contribution in [2.45, 2.75) is 44.7 Å². The van der Waals surface area contributed by atoms with Gasteiger partial charge in [0.15, 0.2) is 17.5 Å². The number of likely N-dealkylation sites (tertiary alicyclic amines) is 1. The molecule has 1 aliphatic carbocycles. The zero-order valence-corrected chi connectivity index (χ0v) is 18.5. The molecule has 8 heteroatoms. The fourth-order valence-corrected chi connectivity index (χ4v) is 4.32. The van der Waals surface area contributed by atoms with Crippen molar-refractivity contribution in [1.29, 1.82) is 0 Å². The minimum Gasteiger partial charge on any atom is -0.493 e. The molecular formula is C22H34N4O4. The Kier molecular flexibility index (Phi) is 7.65. The number of ether oxygens (including phenoxy) is 3. The van der Waals surface area contributed by atoms with Crippen LogP contribution in [0.15, 0.2) is 17.1 Å². The lowest BCUT2D eigenvalue weighted by Crippen LogP contribution is -2.45. The van der Waals surface area contributed by atoms with Crippen LogP contribution in [-0.2, 0) is 11.3 Å². The Morgan fingerprint density at radius 3 is 2.33 bits per heavy atom. The van der Waals surface area contributed by atoms with E-state index in [2.05, 4.69) is 15.6 Å². The summed E-state index contributed by atoms with van der Waals surface area (Å²) in [7, 11) is 6.55. The molecule has 30 heavy (non-hydrogen) atoms. The molecule has 1 saturated carbocycles. The highest BCUT2D eigenvalue weighted by Gasteiger charge is 2.32. The van der Waals surface area contributed by atoms with Gasteiger partial charge in [0, 0.05) is 38.6 Å². The van der Waals surface area contributed by atoms with Crippen LogP contribution in [0.2, 0.25) is 0 Å². The molecule has 0 bridgehead atoms. The molecule has 1 aliphatic heterocycles. The summed E-state index contributed by atoms with van der Waals surface area (Å²) in [5, 5.41) is 6.78. The average Bonchev–Trinajstić information content (AvgIpc) is 3.47. The minimum absolute atomic E-state index is 0.210. The smallest absolute Gasteiger partial charge is 0.225 e. The quantitative estimate of drug-likeness (QED) is 0.522. The van der Waals surface area contributed by atoms with Crippen molar-refractivity contribution < 1.29 is 19.0 Å². The van der Waals surface area contributed by atoms with E-state index < -0.39 is 0 Å². The number of nitrogens with zero attached hydrogens (tertiary/aromatic N) is 2. The van der Waals surface area contributed by atoms with Gasteiger partial charge >= 0.3 is 0 Å². The number of nitrogens with one attached hydrogen (secondary N) is 2. The summed E-state index contributed by atoms with van der Waals surface area (Å²) in [4.78, 5) is 19.0. The number of hydrogen-bond donors (Lipinski definition) is 2. The van der Waals surface area contributed by atoms with Gasteiger partial charge in [0.25, 0.3) is 0 Å². The maximum Gasteiger partial charge on any atom is 0.225 e. The summed E-state index contributed by atoms with van der Waals surface area (Å²) in [5.41, 5.74) is 0.983. The lowest BCUT2D eigenvalue weighted by atomic mass is 10.1. The van der Waals surface area contributed by atoms with Gasteiger partial charge in [-0.1, -0.05) is 12.8 Å². The summed E-state index contributed by atoms with van der Waals surface area (Å²) in [6.07, 6.45) is 5.40. The number of benzene rings is 1. The van der Waals surface area contributed by atoms with Crippen LogP contribution in [0.25, 0.3) is 0 Å². The van der Waals surface area contributed by atoms with Gasteiger partial charge in [-0.25, -0.2) is 0 Å². The van der Waals surface area contributed by atoms with Gasteiger partial charge in [0.2, 0.25) is 11.7 Å². The van der Waals surface area contributed by atoms with Crippen molar-refractivity contribution in [3.63, 3.8) is 0 Å². The van der Waals surface area contributed by atoms with Crippen molar-refractivity contribution in [3.8, 4) is 17.2 Å². The largest absolute Gasteiger partial charge is 0.493 e. The van der Waals surface area contributed by atoms with E-state index in [1.54, 1.807) is 28.4 Å². The van der Waals surface area contributed by atoms with Gasteiger partial charge in [-0.3, -0.25) is 9.79 Å². The SMILES string of the molecule is CN=C(NCc1cc(OC)c(OC)c(OC)c1)NC1CCN(C(=O)C2CCCC2)C1. The molecule has 3 rings (SSSR count). The van der Waals surface area contributed by atoms with Crippen LogP contribution in [0.5, 0.6) is 17.2 Å². The summed E-state index contributed by atoms with van der Waals surface area (Å²) in [6, 6.07) is 4.04. The summed E-state index contributed by atoms with van der Waals surface area (Å²) in [5.74, 6) is 3.09. The number of aliphatic imine (C=N–C) groups is 1. The first-order valence-electron chi connectivity index (χ1n) is 10.6. The van der Waals surface area contributed by atoms with Gasteiger partial charge in [-0.05, 0) is 37.0 Å². The second-order valence-electron chi connectivity index (χ2n) is 7.85. The van der Waals surface area contributed by atoms with E-state index in [1.807, 2.05) is 17.0 Å². The molecule has 8 nitrogen and oxygen atoms in total. The number of carbonyl (C=O) groups is 1. The van der Waals surface area contributed by atoms with Crippen LogP contribution in [0, 0.1) is 5.92 Å². The molecule has 1 amide bonds. The van der Waals surface area contributed by atoms with Gasteiger partial charge in [-0.15, -0.1) is 0 Å². The van der Waals surface area contributed by atoms with E-state index in [9.17, 15) is 4.79 Å². The normalized spacial score (nSPS) is 19.7. The first-order chi connectivity index (χ1) is 14.6. The fourth-order valence-electron chi connectivity index (χ4n) is 4.32. The Balaban J connectivity index is 1.55. The van der Waals surface area contributed by atoms with E-state index in [4.69, 9.17) is 14.2 Å². The van der Waals surface area contributed by atoms with E-state index in [1.165, 1.54) is 12.8 Å². The lowest BCUT2D eigenvalue weighted by Gasteiger charge is -2.21. The molecule has 2 aliphatic rings. The fraction of sp³-hybridized carbons (Fsp3) is 0.636. The van der Waals surface area contributed by atoms with Crippen molar-refractivity contribution >= 4 is 11.9 Å². The topological polar surface area (TPSA) is 84.4 Å². The highest BCUT2D eigenvalue weighted by Crippen LogP contribution is 2.38. The number of hydrogen-bond acceptors (Lipinski definition) is 5. The van der Waals surface area contributed by atoms with Crippen LogP contribution in [-0.4, -0.2) is 64.3 Å². The third kappa shape index (κ3) is 5.09. The molecule has 2 N–H and O–H groups in total. The Bertz CT molecular complexity index is 736. The maximum atomic E-state index is 12.7. The predicted molar refractivity (Wildman–Crippen MR) is 116 cm³/mol. The van der Waals surface area contributed by atoms with Crippen molar-refractivity contribution in [3.05, 3.63) is 17.7 Å². The molecule has 0 spiro atoms. The minimum atomic E-state index is 0.210. The van der Waals surface area contributed by atoms with E-state index in [0.717, 1.165) is 37.9 Å². The Morgan fingerprint density at radius 1 is 1.10 bits per heavy atom. The summed E-state index contributed by atoms with van der Waals surface area (Å²) < 4.78 is 16.2. The molecule has 166 valence electrons. The van der Waals surface area contributed by atoms with Crippen molar-refractivity contribution in [1.82, 2.24) is 15.5 Å². The van der Waals surface area contributed by atoms with E-state index in [0.29, 0.717) is 35.7 Å². The van der Waals surface area contributed by atoms with E-state index >= 15 is 0 Å². The molecule has 2 fully saturated rings. The maximum absolute atomic E-state index is 12.7. The molecule has 1 unspecified atom stereocenters. The first kappa shape index (κ1) is 22.1. The second-order valence-corrected chi connectivity index (χ2v) is 7.85. The average molecular weight is 419 g/mol. The number of carbonyl (C=O) groups excluding carboxylic acids is 1. The molecule has 1 saturated heterocycles. The Labute approximate surface area is 179 Å². The van der Waals surface area contributed by atoms with Gasteiger partial charge in [-0.2, -0.15) is 0 Å². The van der Waals surface area contributed by atoms with Crippen LogP contribution in [0.1, 0.15) is 37.7 Å². The molecule has 0 radical (unpaired) electrons. The molecule has 1 aromatic carbocycles. The third-order valence-corrected chi connectivity index (χ3v) is 5.95. The molecule has 1 heterocycles. The number of methoxy groups -OCH3 is 3. The standard InChI is InChI=1S/C22H34N4O4/c1-23-22(24-13-15-11-18(28-2)20(30-4)19(12-15)29-3)25-17-9-10-26(14-17)21(27)16-7-5-6-8-16/h11-12,16-17H,5-10,13-14H2,1-4H3,(H2,23,24,25). The zero-order chi connectivity index (χ0) is 21.5. The molecule has 0 aromatic heterocycles. The summed E-state index contributed by atoms with van der Waals surface area (Å²) >= 11 is 0. The monoisotopic (exact) mass is 418 g/mol. The predicted octanol–water partition coefficient (Wildman–Crippen LogP) is 2.17. The molecular weight excluding hydrogens is 384 g/mol. The van der Waals surface area contributed by atoms with Crippen LogP contribution < -0.4 is 24.8 Å². The lowest BCUT2D eigenvalue weighted by molar-refractivity contribution is -0.134. The third-order valence-electron chi connectivity index (χ3n) is 5.95. The van der Waals surface area contributed by atoms with Gasteiger partial charge in [0.1, 0.15) is 0 Å². The number of rotatable bonds is 7.